The Morgan fingerprint density at radius 1 is 1.48 bits per heavy atom. The minimum atomic E-state index is -1.07. The molecule has 2 heterocycles. The molecule has 1 saturated heterocycles. The lowest BCUT2D eigenvalue weighted by atomic mass is 10.2. The summed E-state index contributed by atoms with van der Waals surface area (Å²) >= 11 is 0. The van der Waals surface area contributed by atoms with Crippen LogP contribution in [0.5, 0.6) is 0 Å². The zero-order valence-electron chi connectivity index (χ0n) is 11.0. The second-order valence-corrected chi connectivity index (χ2v) is 4.70. The molecule has 8 heteroatoms. The van der Waals surface area contributed by atoms with Gasteiger partial charge in [-0.2, -0.15) is 4.98 Å². The lowest BCUT2D eigenvalue weighted by molar-refractivity contribution is -0.132. The molecule has 1 aromatic heterocycles. The van der Waals surface area contributed by atoms with Gasteiger partial charge in [-0.05, 0) is 25.1 Å². The molecule has 0 radical (unpaired) electrons. The smallest absolute Gasteiger partial charge is 0.335 e. The van der Waals surface area contributed by atoms with E-state index in [0.29, 0.717) is 5.52 Å². The van der Waals surface area contributed by atoms with Gasteiger partial charge in [-0.25, -0.2) is 4.79 Å². The first-order valence-corrected chi connectivity index (χ1v) is 6.20. The molecule has 2 amide bonds. The van der Waals surface area contributed by atoms with Crippen molar-refractivity contribution in [2.75, 3.05) is 11.4 Å². The number of amides is 2. The van der Waals surface area contributed by atoms with Gasteiger partial charge in [0.05, 0.1) is 5.56 Å². The molecule has 1 unspecified atom stereocenters. The van der Waals surface area contributed by atoms with Gasteiger partial charge in [0, 0.05) is 0 Å². The van der Waals surface area contributed by atoms with Crippen molar-refractivity contribution in [3.05, 3.63) is 23.8 Å². The normalized spacial score (nSPS) is 18.9. The first kappa shape index (κ1) is 13.1. The summed E-state index contributed by atoms with van der Waals surface area (Å²) in [6.07, 6.45) is 0. The van der Waals surface area contributed by atoms with Crippen molar-refractivity contribution in [1.82, 2.24) is 10.3 Å². The van der Waals surface area contributed by atoms with Crippen LogP contribution in [0.25, 0.3) is 11.1 Å². The van der Waals surface area contributed by atoms with Crippen molar-refractivity contribution in [2.24, 2.45) is 0 Å². The summed E-state index contributed by atoms with van der Waals surface area (Å²) in [5.41, 5.74) is 0.821. The molecular formula is C13H11N3O5. The Balaban J connectivity index is 2.02. The van der Waals surface area contributed by atoms with Crippen LogP contribution in [0.4, 0.5) is 6.01 Å². The second kappa shape index (κ2) is 4.58. The fourth-order valence-corrected chi connectivity index (χ4v) is 2.12. The van der Waals surface area contributed by atoms with E-state index in [4.69, 9.17) is 9.52 Å². The minimum absolute atomic E-state index is 0.0501. The third kappa shape index (κ3) is 2.20. The number of carbonyl (C=O) groups excluding carboxylic acids is 2. The molecule has 0 aliphatic carbocycles. The van der Waals surface area contributed by atoms with Crippen LogP contribution in [0, 0.1) is 0 Å². The van der Waals surface area contributed by atoms with E-state index in [1.54, 1.807) is 6.92 Å². The molecule has 0 spiro atoms. The first-order valence-electron chi connectivity index (χ1n) is 6.20. The number of aromatic nitrogens is 1. The number of piperazine rings is 1. The van der Waals surface area contributed by atoms with Crippen LogP contribution in [-0.4, -0.2) is 40.5 Å². The summed E-state index contributed by atoms with van der Waals surface area (Å²) in [5, 5.41) is 11.2. The van der Waals surface area contributed by atoms with E-state index >= 15 is 0 Å². The number of carbonyl (C=O) groups is 3. The van der Waals surface area contributed by atoms with Crippen LogP contribution >= 0.6 is 0 Å². The fraction of sp³-hybridized carbons (Fsp3) is 0.231. The zero-order chi connectivity index (χ0) is 15.1. The minimum Gasteiger partial charge on any atom is -0.478 e. The highest BCUT2D eigenvalue weighted by atomic mass is 16.4. The van der Waals surface area contributed by atoms with Crippen LogP contribution in [0.15, 0.2) is 22.6 Å². The summed E-state index contributed by atoms with van der Waals surface area (Å²) in [7, 11) is 0. The van der Waals surface area contributed by atoms with E-state index in [9.17, 15) is 14.4 Å². The third-order valence-corrected chi connectivity index (χ3v) is 3.29. The Kier molecular flexibility index (Phi) is 2.86. The number of benzene rings is 1. The number of hydrogen-bond donors (Lipinski definition) is 2. The molecule has 108 valence electrons. The van der Waals surface area contributed by atoms with Gasteiger partial charge in [-0.1, -0.05) is 0 Å². The molecule has 21 heavy (non-hydrogen) atoms. The number of hydrogen-bond acceptors (Lipinski definition) is 6. The maximum Gasteiger partial charge on any atom is 0.335 e. The number of aromatic carboxylic acids is 1. The van der Waals surface area contributed by atoms with Crippen molar-refractivity contribution in [3.8, 4) is 0 Å². The molecule has 2 N–H and O–H groups in total. The number of oxazole rings is 1. The maximum atomic E-state index is 11.6. The third-order valence-electron chi connectivity index (χ3n) is 3.29. The predicted octanol–water partition coefficient (Wildman–Crippen LogP) is 0.377. The maximum absolute atomic E-state index is 11.6. The van der Waals surface area contributed by atoms with Crippen molar-refractivity contribution in [3.63, 3.8) is 0 Å². The summed E-state index contributed by atoms with van der Waals surface area (Å²) in [6.45, 7) is 1.57. The number of imide groups is 1. The largest absolute Gasteiger partial charge is 0.478 e. The molecule has 1 aliphatic heterocycles. The van der Waals surface area contributed by atoms with Crippen LogP contribution < -0.4 is 10.2 Å². The molecule has 1 aromatic carbocycles. The molecule has 1 atom stereocenters. The van der Waals surface area contributed by atoms with E-state index in [2.05, 4.69) is 10.3 Å². The summed E-state index contributed by atoms with van der Waals surface area (Å²) in [6, 6.07) is 3.79. The molecular weight excluding hydrogens is 278 g/mol. The predicted molar refractivity (Wildman–Crippen MR) is 70.9 cm³/mol. The average molecular weight is 289 g/mol. The van der Waals surface area contributed by atoms with Crippen molar-refractivity contribution >= 4 is 34.9 Å². The van der Waals surface area contributed by atoms with E-state index in [0.717, 1.165) is 0 Å². The number of carboxylic acids is 1. The zero-order valence-corrected chi connectivity index (χ0v) is 11.0. The molecule has 0 saturated carbocycles. The highest BCUT2D eigenvalue weighted by Gasteiger charge is 2.33. The van der Waals surface area contributed by atoms with Gasteiger partial charge in [0.2, 0.25) is 11.8 Å². The highest BCUT2D eigenvalue weighted by molar-refractivity contribution is 6.04. The molecule has 2 aromatic rings. The topological polar surface area (TPSA) is 113 Å². The first-order chi connectivity index (χ1) is 9.95. The Labute approximate surface area is 118 Å². The van der Waals surface area contributed by atoms with Crippen LogP contribution in [0.2, 0.25) is 0 Å². The number of anilines is 1. The molecule has 1 aliphatic rings. The van der Waals surface area contributed by atoms with Gasteiger partial charge >= 0.3 is 5.97 Å². The number of nitrogens with one attached hydrogen (secondary N) is 1. The monoisotopic (exact) mass is 289 g/mol. The van der Waals surface area contributed by atoms with Gasteiger partial charge in [0.25, 0.3) is 6.01 Å². The Morgan fingerprint density at radius 2 is 2.24 bits per heavy atom. The summed E-state index contributed by atoms with van der Waals surface area (Å²) in [4.78, 5) is 39.6. The lowest BCUT2D eigenvalue weighted by Gasteiger charge is -2.29. The average Bonchev–Trinajstić information content (AvgIpc) is 2.85. The van der Waals surface area contributed by atoms with Gasteiger partial charge in [-0.15, -0.1) is 0 Å². The van der Waals surface area contributed by atoms with E-state index in [-0.39, 0.29) is 23.7 Å². The fourth-order valence-electron chi connectivity index (χ4n) is 2.12. The quantitative estimate of drug-likeness (QED) is 0.768. The van der Waals surface area contributed by atoms with Crippen molar-refractivity contribution in [1.29, 1.82) is 0 Å². The highest BCUT2D eigenvalue weighted by Crippen LogP contribution is 2.25. The number of fused-ring (bicyclic) bond motifs is 1. The summed E-state index contributed by atoms with van der Waals surface area (Å²) < 4.78 is 5.48. The van der Waals surface area contributed by atoms with Gasteiger partial charge in [0.15, 0.2) is 5.58 Å². The van der Waals surface area contributed by atoms with Gasteiger partial charge < -0.3 is 14.4 Å². The van der Waals surface area contributed by atoms with Crippen LogP contribution in [0.1, 0.15) is 17.3 Å². The van der Waals surface area contributed by atoms with Crippen LogP contribution in [0.3, 0.4) is 0 Å². The van der Waals surface area contributed by atoms with Gasteiger partial charge in [-0.3, -0.25) is 14.9 Å². The molecule has 8 nitrogen and oxygen atoms in total. The summed E-state index contributed by atoms with van der Waals surface area (Å²) in [5.74, 6) is -1.94. The number of rotatable bonds is 2. The Hall–Kier alpha value is -2.90. The van der Waals surface area contributed by atoms with Crippen molar-refractivity contribution in [2.45, 2.75) is 13.0 Å². The Morgan fingerprint density at radius 3 is 2.95 bits per heavy atom. The van der Waals surface area contributed by atoms with E-state index in [1.807, 2.05) is 0 Å². The van der Waals surface area contributed by atoms with E-state index in [1.165, 1.54) is 23.1 Å². The number of nitrogens with zero attached hydrogens (tertiary/aromatic N) is 2. The van der Waals surface area contributed by atoms with E-state index < -0.39 is 23.8 Å². The van der Waals surface area contributed by atoms with Crippen LogP contribution in [-0.2, 0) is 9.59 Å². The second-order valence-electron chi connectivity index (χ2n) is 4.70. The van der Waals surface area contributed by atoms with Gasteiger partial charge in [0.1, 0.15) is 18.1 Å². The number of carboxylic acid groups (broad SMARTS) is 1. The van der Waals surface area contributed by atoms with Crippen molar-refractivity contribution < 1.29 is 23.9 Å². The molecule has 1 fully saturated rings. The SMILES string of the molecule is CC1C(=O)NC(=O)CN1c1nc2ccc(C(=O)O)cc2o1. The molecule has 0 bridgehead atoms. The molecule has 3 rings (SSSR count). The standard InChI is InChI=1S/C13H11N3O5/c1-6-11(18)15-10(17)5-16(6)13-14-8-3-2-7(12(19)20)4-9(8)21-13/h2-4,6H,5H2,1H3,(H,19,20)(H,15,17,18). The lowest BCUT2D eigenvalue weighted by Crippen LogP contribution is -2.57. The Bertz CT molecular complexity index is 766.